The highest BCUT2D eigenvalue weighted by atomic mass is 127. The van der Waals surface area contributed by atoms with Gasteiger partial charge in [0.1, 0.15) is 18.0 Å². The van der Waals surface area contributed by atoms with E-state index in [0.29, 0.717) is 6.07 Å². The maximum atomic E-state index is 14.5. The van der Waals surface area contributed by atoms with Crippen molar-refractivity contribution in [1.82, 2.24) is 0 Å². The SMILES string of the molecule is CCOC(COc1cc(F)c(F)c(C2=C(F)[CH]CC=C2I)c1[N+](=O)[O-])OCC. The molecule has 0 spiro atoms. The number of allylic oxidation sites excluding steroid dienone is 4. The summed E-state index contributed by atoms with van der Waals surface area (Å²) in [7, 11) is 0. The fourth-order valence-corrected chi connectivity index (χ4v) is 3.39. The Morgan fingerprint density at radius 2 is 1.89 bits per heavy atom. The molecule has 0 saturated carbocycles. The third kappa shape index (κ3) is 5.03. The first-order valence-electron chi connectivity index (χ1n) is 8.43. The molecule has 1 radical (unpaired) electrons. The van der Waals surface area contributed by atoms with Gasteiger partial charge in [0.25, 0.3) is 0 Å². The number of nitrogens with zero attached hydrogens (tertiary/aromatic N) is 1. The van der Waals surface area contributed by atoms with Gasteiger partial charge in [0.15, 0.2) is 17.9 Å². The molecule has 0 aromatic heterocycles. The van der Waals surface area contributed by atoms with E-state index < -0.39 is 45.7 Å². The van der Waals surface area contributed by atoms with Crippen LogP contribution in [0, 0.1) is 28.2 Å². The molecule has 0 fully saturated rings. The van der Waals surface area contributed by atoms with E-state index in [-0.39, 0.29) is 35.4 Å². The van der Waals surface area contributed by atoms with E-state index in [2.05, 4.69) is 0 Å². The first-order valence-corrected chi connectivity index (χ1v) is 9.51. The molecule has 0 amide bonds. The van der Waals surface area contributed by atoms with Gasteiger partial charge >= 0.3 is 5.69 Å². The van der Waals surface area contributed by atoms with Gasteiger partial charge in [-0.3, -0.25) is 10.1 Å². The summed E-state index contributed by atoms with van der Waals surface area (Å²) in [4.78, 5) is 10.7. The highest BCUT2D eigenvalue weighted by Crippen LogP contribution is 2.46. The second-order valence-electron chi connectivity index (χ2n) is 5.52. The van der Waals surface area contributed by atoms with Crippen LogP contribution in [0.25, 0.3) is 5.57 Å². The van der Waals surface area contributed by atoms with Gasteiger partial charge in [0.05, 0.1) is 4.92 Å². The number of rotatable bonds is 9. The summed E-state index contributed by atoms with van der Waals surface area (Å²) in [6.07, 6.45) is 2.07. The quantitative estimate of drug-likeness (QED) is 0.196. The molecule has 0 unspecified atom stereocenters. The fourth-order valence-electron chi connectivity index (χ4n) is 2.61. The second kappa shape index (κ2) is 10.2. The first-order chi connectivity index (χ1) is 13.3. The molecule has 6 nitrogen and oxygen atoms in total. The van der Waals surface area contributed by atoms with Crippen molar-refractivity contribution in [3.63, 3.8) is 0 Å². The molecule has 153 valence electrons. The molecular weight excluding hydrogens is 494 g/mol. The Labute approximate surface area is 173 Å². The summed E-state index contributed by atoms with van der Waals surface area (Å²) in [5.74, 6) is -4.33. The summed E-state index contributed by atoms with van der Waals surface area (Å²) in [6.45, 7) is 3.71. The average molecular weight is 512 g/mol. The lowest BCUT2D eigenvalue weighted by molar-refractivity contribution is -0.386. The summed E-state index contributed by atoms with van der Waals surface area (Å²) in [5.41, 5.74) is -2.04. The van der Waals surface area contributed by atoms with Crippen molar-refractivity contribution < 1.29 is 32.3 Å². The van der Waals surface area contributed by atoms with Gasteiger partial charge in [-0.2, -0.15) is 0 Å². The topological polar surface area (TPSA) is 70.8 Å². The largest absolute Gasteiger partial charge is 0.481 e. The molecule has 1 aliphatic rings. The van der Waals surface area contributed by atoms with Crippen molar-refractivity contribution in [3.05, 3.63) is 55.3 Å². The lowest BCUT2D eigenvalue weighted by atomic mass is 9.96. The van der Waals surface area contributed by atoms with Gasteiger partial charge in [-0.25, -0.2) is 13.2 Å². The minimum atomic E-state index is -1.52. The van der Waals surface area contributed by atoms with E-state index in [9.17, 15) is 23.3 Å². The molecule has 0 N–H and O–H groups in total. The van der Waals surface area contributed by atoms with E-state index >= 15 is 0 Å². The minimum absolute atomic E-state index is 0.234. The fraction of sp³-hybridized carbons (Fsp3) is 0.389. The highest BCUT2D eigenvalue weighted by molar-refractivity contribution is 14.1. The average Bonchev–Trinajstić information content (AvgIpc) is 2.63. The van der Waals surface area contributed by atoms with Crippen molar-refractivity contribution in [1.29, 1.82) is 0 Å². The normalized spacial score (nSPS) is 14.5. The van der Waals surface area contributed by atoms with Gasteiger partial charge in [0, 0.05) is 34.9 Å². The molecule has 0 aliphatic heterocycles. The van der Waals surface area contributed by atoms with Crippen molar-refractivity contribution in [2.45, 2.75) is 26.6 Å². The lowest BCUT2D eigenvalue weighted by Gasteiger charge is -2.19. The molecule has 2 rings (SSSR count). The zero-order valence-corrected chi connectivity index (χ0v) is 17.3. The van der Waals surface area contributed by atoms with Crippen LogP contribution >= 0.6 is 22.6 Å². The first kappa shape index (κ1) is 22.6. The van der Waals surface area contributed by atoms with E-state index in [1.54, 1.807) is 42.5 Å². The Bertz CT molecular complexity index is 807. The van der Waals surface area contributed by atoms with Crippen LogP contribution < -0.4 is 4.74 Å². The molecule has 0 atom stereocenters. The van der Waals surface area contributed by atoms with Crippen molar-refractivity contribution >= 4 is 33.9 Å². The molecule has 1 aliphatic carbocycles. The molecule has 28 heavy (non-hydrogen) atoms. The molecule has 1 aromatic rings. The van der Waals surface area contributed by atoms with Crippen LogP contribution in [0.3, 0.4) is 0 Å². The van der Waals surface area contributed by atoms with E-state index in [0.717, 1.165) is 6.42 Å². The number of ether oxygens (including phenoxy) is 3. The van der Waals surface area contributed by atoms with Gasteiger partial charge in [0.2, 0.25) is 5.75 Å². The van der Waals surface area contributed by atoms with Crippen LogP contribution in [-0.2, 0) is 9.47 Å². The van der Waals surface area contributed by atoms with Crippen molar-refractivity contribution in [2.24, 2.45) is 0 Å². The smallest absolute Gasteiger partial charge is 0.321 e. The van der Waals surface area contributed by atoms with E-state index in [4.69, 9.17) is 14.2 Å². The van der Waals surface area contributed by atoms with Crippen molar-refractivity contribution in [2.75, 3.05) is 19.8 Å². The maximum Gasteiger partial charge on any atom is 0.321 e. The highest BCUT2D eigenvalue weighted by Gasteiger charge is 2.34. The van der Waals surface area contributed by atoms with Crippen LogP contribution in [0.5, 0.6) is 5.75 Å². The predicted octanol–water partition coefficient (Wildman–Crippen LogP) is 5.26. The Kier molecular flexibility index (Phi) is 8.25. The maximum absolute atomic E-state index is 14.5. The van der Waals surface area contributed by atoms with Gasteiger partial charge in [-0.15, -0.1) is 0 Å². The van der Waals surface area contributed by atoms with Crippen LogP contribution in [0.1, 0.15) is 25.8 Å². The third-order valence-electron chi connectivity index (χ3n) is 3.74. The Balaban J connectivity index is 2.55. The minimum Gasteiger partial charge on any atom is -0.481 e. The monoisotopic (exact) mass is 512 g/mol. The number of halogens is 4. The van der Waals surface area contributed by atoms with Gasteiger partial charge < -0.3 is 14.2 Å². The summed E-state index contributed by atoms with van der Waals surface area (Å²) in [5, 5.41) is 11.7. The third-order valence-corrected chi connectivity index (χ3v) is 4.72. The van der Waals surface area contributed by atoms with Gasteiger partial charge in [-0.1, -0.05) is 6.08 Å². The number of nitro groups is 1. The van der Waals surface area contributed by atoms with Crippen LogP contribution in [-0.4, -0.2) is 31.0 Å². The van der Waals surface area contributed by atoms with Crippen LogP contribution in [0.15, 0.2) is 21.5 Å². The Morgan fingerprint density at radius 3 is 2.43 bits per heavy atom. The molecule has 0 bridgehead atoms. The number of hydrogen-bond donors (Lipinski definition) is 0. The van der Waals surface area contributed by atoms with Crippen LogP contribution in [0.2, 0.25) is 0 Å². The molecule has 0 heterocycles. The Morgan fingerprint density at radius 1 is 1.25 bits per heavy atom. The molecule has 1 aromatic carbocycles. The van der Waals surface area contributed by atoms with Crippen molar-refractivity contribution in [3.8, 4) is 5.75 Å². The summed E-state index contributed by atoms with van der Waals surface area (Å²) < 4.78 is 59.2. The van der Waals surface area contributed by atoms with E-state index in [1.165, 1.54) is 0 Å². The zero-order chi connectivity index (χ0) is 20.8. The lowest BCUT2D eigenvalue weighted by Crippen LogP contribution is -2.25. The second-order valence-corrected chi connectivity index (χ2v) is 6.68. The molecule has 0 saturated heterocycles. The predicted molar refractivity (Wildman–Crippen MR) is 105 cm³/mol. The Hall–Kier alpha value is -1.66. The summed E-state index contributed by atoms with van der Waals surface area (Å²) >= 11 is 1.72. The molecule has 10 heteroatoms. The standard InChI is InChI=1S/C18H18F3INO5/c1-3-26-14(27-4-2)9-28-13-8-11(20)17(21)16(18(13)23(24)25)15-10(19)6-5-7-12(15)22/h6-8,14H,3-5,9H2,1-2H3. The van der Waals surface area contributed by atoms with Gasteiger partial charge in [-0.05, 0) is 42.9 Å². The van der Waals surface area contributed by atoms with E-state index in [1.807, 2.05) is 0 Å². The number of nitro benzene ring substituents is 1. The zero-order valence-electron chi connectivity index (χ0n) is 15.1. The van der Waals surface area contributed by atoms with Crippen LogP contribution in [0.4, 0.5) is 18.9 Å². The number of benzene rings is 1. The molecular formula is C18H18F3INO5. The summed E-state index contributed by atoms with van der Waals surface area (Å²) in [6, 6.07) is 0.563. The number of hydrogen-bond acceptors (Lipinski definition) is 5.